The molecule has 24 heavy (non-hydrogen) atoms. The largest absolute Gasteiger partial charge is 0.495 e. The quantitative estimate of drug-likeness (QED) is 0.790. The number of carbonyl (C=O) groups is 1. The van der Waals surface area contributed by atoms with Gasteiger partial charge in [-0.05, 0) is 37.1 Å². The molecule has 1 aliphatic heterocycles. The molecule has 0 aliphatic carbocycles. The Hall–Kier alpha value is -2.47. The van der Waals surface area contributed by atoms with Crippen molar-refractivity contribution in [2.45, 2.75) is 25.4 Å². The number of hydrogen-bond donors (Lipinski definition) is 3. The van der Waals surface area contributed by atoms with Crippen LogP contribution in [-0.4, -0.2) is 42.2 Å². The summed E-state index contributed by atoms with van der Waals surface area (Å²) >= 11 is 0. The van der Waals surface area contributed by atoms with Crippen molar-refractivity contribution in [1.29, 1.82) is 0 Å². The Kier molecular flexibility index (Phi) is 5.38. The molecule has 3 N–H and O–H groups in total. The molecule has 0 unspecified atom stereocenters. The highest BCUT2D eigenvalue weighted by Gasteiger charge is 2.21. The molecule has 0 spiro atoms. The van der Waals surface area contributed by atoms with Crippen molar-refractivity contribution in [2.24, 2.45) is 0 Å². The Balaban J connectivity index is 1.44. The van der Waals surface area contributed by atoms with E-state index in [1.807, 2.05) is 36.5 Å². The van der Waals surface area contributed by atoms with Gasteiger partial charge >= 0.3 is 6.03 Å². The topological polar surface area (TPSA) is 69.4 Å². The van der Waals surface area contributed by atoms with E-state index in [0.29, 0.717) is 11.4 Å². The Morgan fingerprint density at radius 2 is 2.04 bits per heavy atom. The molecule has 2 heterocycles. The summed E-state index contributed by atoms with van der Waals surface area (Å²) in [5.41, 5.74) is 1.91. The van der Waals surface area contributed by atoms with E-state index in [-0.39, 0.29) is 12.1 Å². The summed E-state index contributed by atoms with van der Waals surface area (Å²) < 4.78 is 5.25. The van der Waals surface area contributed by atoms with E-state index < -0.39 is 0 Å². The average molecular weight is 328 g/mol. The van der Waals surface area contributed by atoms with Crippen molar-refractivity contribution in [3.8, 4) is 5.75 Å². The number of nitrogens with one attached hydrogen (secondary N) is 3. The zero-order valence-corrected chi connectivity index (χ0v) is 13.9. The summed E-state index contributed by atoms with van der Waals surface area (Å²) in [6.45, 7) is 2.91. The van der Waals surface area contributed by atoms with E-state index in [9.17, 15) is 4.79 Å². The standard InChI is InChI=1S/C18H24N4O2/c1-24-17-7-3-2-6-16(17)21-18(23)20-14-8-11-22(12-9-14)13-15-5-4-10-19-15/h2-7,10,14,19H,8-9,11-13H2,1H3,(H2,20,21,23). The summed E-state index contributed by atoms with van der Waals surface area (Å²) in [7, 11) is 1.60. The lowest BCUT2D eigenvalue weighted by Gasteiger charge is -2.32. The van der Waals surface area contributed by atoms with Crippen molar-refractivity contribution in [3.63, 3.8) is 0 Å². The first-order valence-electron chi connectivity index (χ1n) is 8.30. The number of methoxy groups -OCH3 is 1. The fourth-order valence-corrected chi connectivity index (χ4v) is 3.03. The van der Waals surface area contributed by atoms with Crippen LogP contribution in [0.3, 0.4) is 0 Å². The van der Waals surface area contributed by atoms with E-state index in [1.165, 1.54) is 5.69 Å². The number of nitrogens with zero attached hydrogens (tertiary/aromatic N) is 1. The SMILES string of the molecule is COc1ccccc1NC(=O)NC1CCN(Cc2ccc[nH]2)CC1. The van der Waals surface area contributed by atoms with Gasteiger partial charge in [-0.25, -0.2) is 4.79 Å². The molecule has 1 aliphatic rings. The Morgan fingerprint density at radius 1 is 1.25 bits per heavy atom. The van der Waals surface area contributed by atoms with E-state index >= 15 is 0 Å². The number of ether oxygens (including phenoxy) is 1. The molecule has 1 aromatic heterocycles. The van der Waals surface area contributed by atoms with Crippen LogP contribution in [0.5, 0.6) is 5.75 Å². The second kappa shape index (κ2) is 7.88. The third kappa shape index (κ3) is 4.29. The molecule has 1 saturated heterocycles. The predicted octanol–water partition coefficient (Wildman–Crippen LogP) is 2.81. The fourth-order valence-electron chi connectivity index (χ4n) is 3.03. The maximum absolute atomic E-state index is 12.2. The van der Waals surface area contributed by atoms with E-state index in [0.717, 1.165) is 32.5 Å². The number of benzene rings is 1. The van der Waals surface area contributed by atoms with E-state index in [2.05, 4.69) is 26.6 Å². The van der Waals surface area contributed by atoms with Gasteiger partial charge in [0.1, 0.15) is 5.75 Å². The Labute approximate surface area is 142 Å². The number of likely N-dealkylation sites (tertiary alicyclic amines) is 1. The van der Waals surface area contributed by atoms with Crippen LogP contribution in [0.25, 0.3) is 0 Å². The molecule has 0 radical (unpaired) electrons. The van der Waals surface area contributed by atoms with Crippen LogP contribution in [0.15, 0.2) is 42.6 Å². The second-order valence-corrected chi connectivity index (χ2v) is 6.04. The lowest BCUT2D eigenvalue weighted by atomic mass is 10.1. The van der Waals surface area contributed by atoms with Crippen LogP contribution in [-0.2, 0) is 6.54 Å². The van der Waals surface area contributed by atoms with Crippen LogP contribution in [0.2, 0.25) is 0 Å². The van der Waals surface area contributed by atoms with Gasteiger partial charge in [0.15, 0.2) is 0 Å². The first-order valence-corrected chi connectivity index (χ1v) is 8.30. The number of aromatic amines is 1. The van der Waals surface area contributed by atoms with Gasteiger partial charge in [-0.15, -0.1) is 0 Å². The van der Waals surface area contributed by atoms with Gasteiger partial charge in [-0.2, -0.15) is 0 Å². The number of para-hydroxylation sites is 2. The van der Waals surface area contributed by atoms with Crippen molar-refractivity contribution in [1.82, 2.24) is 15.2 Å². The smallest absolute Gasteiger partial charge is 0.319 e. The molecule has 128 valence electrons. The molecule has 0 atom stereocenters. The molecule has 0 saturated carbocycles. The number of urea groups is 1. The molecule has 2 amide bonds. The zero-order valence-electron chi connectivity index (χ0n) is 13.9. The second-order valence-electron chi connectivity index (χ2n) is 6.04. The van der Waals surface area contributed by atoms with Gasteiger partial charge in [-0.1, -0.05) is 12.1 Å². The van der Waals surface area contributed by atoms with Gasteiger partial charge in [0.05, 0.1) is 12.8 Å². The summed E-state index contributed by atoms with van der Waals surface area (Å²) in [6, 6.07) is 11.6. The number of amides is 2. The molecule has 2 aromatic rings. The molecule has 1 aromatic carbocycles. The van der Waals surface area contributed by atoms with Crippen molar-refractivity contribution < 1.29 is 9.53 Å². The van der Waals surface area contributed by atoms with Gasteiger partial charge in [-0.3, -0.25) is 4.90 Å². The third-order valence-electron chi connectivity index (χ3n) is 4.33. The van der Waals surface area contributed by atoms with E-state index in [1.54, 1.807) is 7.11 Å². The van der Waals surface area contributed by atoms with Crippen molar-refractivity contribution >= 4 is 11.7 Å². The first kappa shape index (κ1) is 16.4. The zero-order chi connectivity index (χ0) is 16.8. The van der Waals surface area contributed by atoms with E-state index in [4.69, 9.17) is 4.74 Å². The number of carbonyl (C=O) groups excluding carboxylic acids is 1. The molecular formula is C18H24N4O2. The first-order chi connectivity index (χ1) is 11.7. The number of H-pyrrole nitrogens is 1. The fraction of sp³-hybridized carbons (Fsp3) is 0.389. The highest BCUT2D eigenvalue weighted by atomic mass is 16.5. The number of anilines is 1. The van der Waals surface area contributed by atoms with Crippen LogP contribution in [0.1, 0.15) is 18.5 Å². The average Bonchev–Trinajstić information content (AvgIpc) is 3.10. The minimum absolute atomic E-state index is 0.178. The van der Waals surface area contributed by atoms with Crippen LogP contribution >= 0.6 is 0 Å². The highest BCUT2D eigenvalue weighted by Crippen LogP contribution is 2.23. The van der Waals surface area contributed by atoms with Crippen LogP contribution in [0, 0.1) is 0 Å². The van der Waals surface area contributed by atoms with Crippen LogP contribution < -0.4 is 15.4 Å². The number of hydrogen-bond acceptors (Lipinski definition) is 3. The number of rotatable bonds is 5. The lowest BCUT2D eigenvalue weighted by Crippen LogP contribution is -2.45. The molecular weight excluding hydrogens is 304 g/mol. The maximum Gasteiger partial charge on any atom is 0.319 e. The Bertz CT molecular complexity index is 649. The molecule has 1 fully saturated rings. The molecule has 0 bridgehead atoms. The summed E-state index contributed by atoms with van der Waals surface area (Å²) in [4.78, 5) is 17.8. The lowest BCUT2D eigenvalue weighted by molar-refractivity contribution is 0.188. The minimum Gasteiger partial charge on any atom is -0.495 e. The minimum atomic E-state index is -0.178. The van der Waals surface area contributed by atoms with Gasteiger partial charge < -0.3 is 20.4 Å². The predicted molar refractivity (Wildman–Crippen MR) is 94.2 cm³/mol. The summed E-state index contributed by atoms with van der Waals surface area (Å²) in [5, 5.41) is 5.92. The molecule has 3 rings (SSSR count). The summed E-state index contributed by atoms with van der Waals surface area (Å²) in [5.74, 6) is 0.661. The monoisotopic (exact) mass is 328 g/mol. The Morgan fingerprint density at radius 3 is 2.75 bits per heavy atom. The number of aromatic nitrogens is 1. The molecule has 6 heteroatoms. The normalized spacial score (nSPS) is 15.9. The summed E-state index contributed by atoms with van der Waals surface area (Å²) in [6.07, 6.45) is 3.87. The van der Waals surface area contributed by atoms with Crippen molar-refractivity contribution in [2.75, 3.05) is 25.5 Å². The highest BCUT2D eigenvalue weighted by molar-refractivity contribution is 5.91. The van der Waals surface area contributed by atoms with Crippen LogP contribution in [0.4, 0.5) is 10.5 Å². The van der Waals surface area contributed by atoms with Crippen molar-refractivity contribution in [3.05, 3.63) is 48.3 Å². The van der Waals surface area contributed by atoms with Gasteiger partial charge in [0.25, 0.3) is 0 Å². The van der Waals surface area contributed by atoms with Gasteiger partial charge in [0, 0.05) is 37.6 Å². The number of piperidine rings is 1. The maximum atomic E-state index is 12.2. The molecule has 6 nitrogen and oxygen atoms in total. The third-order valence-corrected chi connectivity index (χ3v) is 4.33. The van der Waals surface area contributed by atoms with Gasteiger partial charge in [0.2, 0.25) is 0 Å².